The molecule has 2 N–H and O–H groups in total. The number of hydrogen-bond acceptors (Lipinski definition) is 6. The van der Waals surface area contributed by atoms with Crippen molar-refractivity contribution in [2.45, 2.75) is 18.9 Å². The Morgan fingerprint density at radius 1 is 1.43 bits per heavy atom. The Bertz CT molecular complexity index is 626. The lowest BCUT2D eigenvalue weighted by molar-refractivity contribution is -0.134. The zero-order valence-electron chi connectivity index (χ0n) is 12.8. The molecule has 0 bridgehead atoms. The van der Waals surface area contributed by atoms with E-state index < -0.39 is 0 Å². The lowest BCUT2D eigenvalue weighted by atomic mass is 10.2. The van der Waals surface area contributed by atoms with Crippen LogP contribution >= 0.6 is 11.3 Å². The van der Waals surface area contributed by atoms with Crippen molar-refractivity contribution in [1.82, 2.24) is 20.6 Å². The van der Waals surface area contributed by atoms with Crippen molar-refractivity contribution in [2.24, 2.45) is 0 Å². The van der Waals surface area contributed by atoms with Gasteiger partial charge in [0.1, 0.15) is 6.10 Å². The van der Waals surface area contributed by atoms with Gasteiger partial charge in [0.05, 0.1) is 17.3 Å². The smallest absolute Gasteiger partial charge is 0.250 e. The molecule has 2 aromatic rings. The van der Waals surface area contributed by atoms with E-state index >= 15 is 0 Å². The number of ether oxygens (including phenoxy) is 1. The lowest BCUT2D eigenvalue weighted by Gasteiger charge is -2.22. The minimum Gasteiger partial charge on any atom is -0.366 e. The molecule has 3 heterocycles. The monoisotopic (exact) mass is 332 g/mol. The van der Waals surface area contributed by atoms with Gasteiger partial charge in [-0.1, -0.05) is 0 Å². The highest BCUT2D eigenvalue weighted by molar-refractivity contribution is 7.09. The second-order valence-electron chi connectivity index (χ2n) is 5.32. The molecule has 6 nitrogen and oxygen atoms in total. The number of aryl methyl sites for hydroxylation is 1. The fourth-order valence-corrected chi connectivity index (χ4v) is 3.23. The van der Waals surface area contributed by atoms with E-state index in [1.54, 1.807) is 23.7 Å². The van der Waals surface area contributed by atoms with Crippen LogP contribution in [0.25, 0.3) is 11.3 Å². The first-order valence-corrected chi connectivity index (χ1v) is 8.66. The molecule has 1 aliphatic rings. The summed E-state index contributed by atoms with van der Waals surface area (Å²) in [6, 6.07) is 3.91. The second kappa shape index (κ2) is 8.14. The Balaban J connectivity index is 1.41. The van der Waals surface area contributed by atoms with E-state index in [1.807, 2.05) is 12.1 Å². The first-order valence-electron chi connectivity index (χ1n) is 7.78. The quantitative estimate of drug-likeness (QED) is 0.779. The van der Waals surface area contributed by atoms with E-state index in [2.05, 4.69) is 26.0 Å². The van der Waals surface area contributed by atoms with Crippen molar-refractivity contribution in [3.05, 3.63) is 34.9 Å². The average molecular weight is 332 g/mol. The maximum Gasteiger partial charge on any atom is 0.250 e. The van der Waals surface area contributed by atoms with E-state index in [0.29, 0.717) is 19.7 Å². The van der Waals surface area contributed by atoms with Gasteiger partial charge in [0.2, 0.25) is 5.91 Å². The molecule has 1 unspecified atom stereocenters. The zero-order valence-corrected chi connectivity index (χ0v) is 13.6. The third-order valence-electron chi connectivity index (χ3n) is 3.61. The van der Waals surface area contributed by atoms with Gasteiger partial charge >= 0.3 is 0 Å². The number of nitrogens with zero attached hydrogens (tertiary/aromatic N) is 2. The van der Waals surface area contributed by atoms with E-state index in [9.17, 15) is 4.79 Å². The van der Waals surface area contributed by atoms with Crippen molar-refractivity contribution >= 4 is 17.2 Å². The van der Waals surface area contributed by atoms with Gasteiger partial charge in [0.15, 0.2) is 0 Å². The molecule has 23 heavy (non-hydrogen) atoms. The summed E-state index contributed by atoms with van der Waals surface area (Å²) >= 11 is 1.65. The Morgan fingerprint density at radius 2 is 2.30 bits per heavy atom. The standard InChI is InChI=1S/C16H20N4O2S/c21-16(14-10-18-8-9-22-14)19-5-1-2-15-20-13(11-23-15)12-3-6-17-7-4-12/h3-4,6-7,11,14,18H,1-2,5,8-10H2,(H,19,21). The van der Waals surface area contributed by atoms with Crippen LogP contribution in [-0.2, 0) is 16.0 Å². The number of rotatable bonds is 6. The van der Waals surface area contributed by atoms with Crippen molar-refractivity contribution < 1.29 is 9.53 Å². The van der Waals surface area contributed by atoms with Crippen LogP contribution in [0.15, 0.2) is 29.9 Å². The van der Waals surface area contributed by atoms with Crippen LogP contribution in [0, 0.1) is 0 Å². The molecule has 3 rings (SSSR count). The summed E-state index contributed by atoms with van der Waals surface area (Å²) in [6.45, 7) is 2.64. The molecule has 0 aliphatic carbocycles. The summed E-state index contributed by atoms with van der Waals surface area (Å²) in [6.07, 6.45) is 4.91. The summed E-state index contributed by atoms with van der Waals surface area (Å²) < 4.78 is 5.42. The number of morpholine rings is 1. The zero-order chi connectivity index (χ0) is 15.9. The number of amides is 1. The molecule has 0 saturated carbocycles. The van der Waals surface area contributed by atoms with Gasteiger partial charge in [-0.25, -0.2) is 4.98 Å². The van der Waals surface area contributed by atoms with Crippen LogP contribution < -0.4 is 10.6 Å². The molecule has 0 spiro atoms. The molecule has 122 valence electrons. The number of hydrogen-bond donors (Lipinski definition) is 2. The molecule has 0 aromatic carbocycles. The van der Waals surface area contributed by atoms with Crippen molar-refractivity contribution in [3.8, 4) is 11.3 Å². The van der Waals surface area contributed by atoms with Crippen LogP contribution in [-0.4, -0.2) is 48.2 Å². The molecule has 1 amide bonds. The van der Waals surface area contributed by atoms with Crippen LogP contribution in [0.4, 0.5) is 0 Å². The van der Waals surface area contributed by atoms with Gasteiger partial charge in [0, 0.05) is 49.4 Å². The highest BCUT2D eigenvalue weighted by Crippen LogP contribution is 2.21. The predicted molar refractivity (Wildman–Crippen MR) is 89.3 cm³/mol. The molecule has 1 fully saturated rings. The first-order chi connectivity index (χ1) is 11.3. The summed E-state index contributed by atoms with van der Waals surface area (Å²) in [5.41, 5.74) is 2.07. The topological polar surface area (TPSA) is 76.1 Å². The molecule has 1 saturated heterocycles. The van der Waals surface area contributed by atoms with E-state index in [1.165, 1.54) is 0 Å². The number of aromatic nitrogens is 2. The highest BCUT2D eigenvalue weighted by atomic mass is 32.1. The second-order valence-corrected chi connectivity index (χ2v) is 6.26. The summed E-state index contributed by atoms with van der Waals surface area (Å²) in [5.74, 6) is -0.0335. The van der Waals surface area contributed by atoms with Crippen molar-refractivity contribution in [2.75, 3.05) is 26.2 Å². The average Bonchev–Trinajstić information content (AvgIpc) is 3.09. The Kier molecular flexibility index (Phi) is 5.68. The molecular weight excluding hydrogens is 312 g/mol. The lowest BCUT2D eigenvalue weighted by Crippen LogP contribution is -2.48. The SMILES string of the molecule is O=C(NCCCc1nc(-c2ccncc2)cs1)C1CNCCO1. The number of pyridine rings is 1. The highest BCUT2D eigenvalue weighted by Gasteiger charge is 2.20. The number of thiazole rings is 1. The van der Waals surface area contributed by atoms with Crippen molar-refractivity contribution in [1.29, 1.82) is 0 Å². The Hall–Kier alpha value is -1.83. The Morgan fingerprint density at radius 3 is 3.09 bits per heavy atom. The maximum atomic E-state index is 11.9. The van der Waals surface area contributed by atoms with Crippen molar-refractivity contribution in [3.63, 3.8) is 0 Å². The normalized spacial score (nSPS) is 17.8. The summed E-state index contributed by atoms with van der Waals surface area (Å²) in [7, 11) is 0. The molecule has 7 heteroatoms. The van der Waals surface area contributed by atoms with Crippen LogP contribution in [0.3, 0.4) is 0 Å². The maximum absolute atomic E-state index is 11.9. The van der Waals surface area contributed by atoms with Crippen LogP contribution in [0.5, 0.6) is 0 Å². The fourth-order valence-electron chi connectivity index (χ4n) is 2.38. The molecule has 1 atom stereocenters. The fraction of sp³-hybridized carbons (Fsp3) is 0.438. The summed E-state index contributed by atoms with van der Waals surface area (Å²) in [4.78, 5) is 20.5. The van der Waals surface area contributed by atoms with Gasteiger partial charge in [-0.2, -0.15) is 0 Å². The molecular formula is C16H20N4O2S. The number of nitrogens with one attached hydrogen (secondary N) is 2. The third kappa shape index (κ3) is 4.57. The number of carbonyl (C=O) groups is 1. The van der Waals surface area contributed by atoms with Gasteiger partial charge in [0.25, 0.3) is 0 Å². The largest absolute Gasteiger partial charge is 0.366 e. The third-order valence-corrected chi connectivity index (χ3v) is 4.52. The number of carbonyl (C=O) groups excluding carboxylic acids is 1. The minimum atomic E-state index is -0.359. The Labute approximate surface area is 139 Å². The minimum absolute atomic E-state index is 0.0335. The molecule has 1 aliphatic heterocycles. The summed E-state index contributed by atoms with van der Waals surface area (Å²) in [5, 5.41) is 9.22. The predicted octanol–water partition coefficient (Wildman–Crippen LogP) is 1.24. The first kappa shape index (κ1) is 16.0. The molecule has 0 radical (unpaired) electrons. The van der Waals surface area contributed by atoms with Gasteiger partial charge < -0.3 is 15.4 Å². The van der Waals surface area contributed by atoms with E-state index in [4.69, 9.17) is 4.74 Å². The van der Waals surface area contributed by atoms with Crippen LogP contribution in [0.2, 0.25) is 0 Å². The van der Waals surface area contributed by atoms with Gasteiger partial charge in [-0.05, 0) is 18.6 Å². The van der Waals surface area contributed by atoms with Crippen LogP contribution in [0.1, 0.15) is 11.4 Å². The van der Waals surface area contributed by atoms with E-state index in [0.717, 1.165) is 35.7 Å². The molecule has 2 aromatic heterocycles. The van der Waals surface area contributed by atoms with Gasteiger partial charge in [-0.15, -0.1) is 11.3 Å². The van der Waals surface area contributed by atoms with Gasteiger partial charge in [-0.3, -0.25) is 9.78 Å². The van der Waals surface area contributed by atoms with E-state index in [-0.39, 0.29) is 12.0 Å².